The van der Waals surface area contributed by atoms with E-state index in [2.05, 4.69) is 0 Å². The summed E-state index contributed by atoms with van der Waals surface area (Å²) < 4.78 is 5.01. The third kappa shape index (κ3) is 3.29. The molecule has 0 atom stereocenters. The Morgan fingerprint density at radius 3 is 2.50 bits per heavy atom. The van der Waals surface area contributed by atoms with Gasteiger partial charge in [-0.25, -0.2) is 0 Å². The molecule has 82 valence electrons. The summed E-state index contributed by atoms with van der Waals surface area (Å²) in [5.41, 5.74) is 5.51. The highest BCUT2D eigenvalue weighted by Crippen LogP contribution is 2.31. The van der Waals surface area contributed by atoms with E-state index in [0.717, 1.165) is 44.6 Å². The summed E-state index contributed by atoms with van der Waals surface area (Å²) in [5, 5.41) is 0. The summed E-state index contributed by atoms with van der Waals surface area (Å²) in [7, 11) is 0. The highest BCUT2D eigenvalue weighted by Gasteiger charge is 2.26. The van der Waals surface area contributed by atoms with Crippen LogP contribution in [0.25, 0.3) is 0 Å². The average molecular weight is 199 g/mol. The van der Waals surface area contributed by atoms with Crippen LogP contribution in [-0.2, 0) is 9.53 Å². The number of hydrogen-bond donors (Lipinski definition) is 1. The number of esters is 1. The van der Waals surface area contributed by atoms with E-state index in [9.17, 15) is 4.79 Å². The molecule has 0 spiro atoms. The molecule has 0 amide bonds. The van der Waals surface area contributed by atoms with Gasteiger partial charge in [0, 0.05) is 0 Å². The van der Waals surface area contributed by atoms with E-state index in [1.54, 1.807) is 0 Å². The third-order valence-corrected chi connectivity index (χ3v) is 3.04. The van der Waals surface area contributed by atoms with Crippen LogP contribution < -0.4 is 5.73 Å². The van der Waals surface area contributed by atoms with Gasteiger partial charge in [-0.1, -0.05) is 0 Å². The Balaban J connectivity index is 2.24. The van der Waals surface area contributed by atoms with Gasteiger partial charge in [0.15, 0.2) is 0 Å². The van der Waals surface area contributed by atoms with Crippen molar-refractivity contribution >= 4 is 5.97 Å². The Kier molecular flexibility index (Phi) is 4.94. The maximum absolute atomic E-state index is 11.4. The first kappa shape index (κ1) is 11.5. The van der Waals surface area contributed by atoms with Gasteiger partial charge in [-0.2, -0.15) is 0 Å². The zero-order valence-corrected chi connectivity index (χ0v) is 9.00. The molecule has 1 aliphatic rings. The van der Waals surface area contributed by atoms with E-state index in [0.29, 0.717) is 6.61 Å². The largest absolute Gasteiger partial charge is 0.466 e. The van der Waals surface area contributed by atoms with E-state index in [4.69, 9.17) is 10.5 Å². The number of carbonyl (C=O) groups excluding carboxylic acids is 1. The van der Waals surface area contributed by atoms with E-state index in [1.165, 1.54) is 0 Å². The molecule has 0 aromatic rings. The molecule has 0 aliphatic heterocycles. The van der Waals surface area contributed by atoms with Crippen LogP contribution in [0.2, 0.25) is 0 Å². The number of ether oxygens (including phenoxy) is 1. The summed E-state index contributed by atoms with van der Waals surface area (Å²) >= 11 is 0. The fourth-order valence-electron chi connectivity index (χ4n) is 2.18. The van der Waals surface area contributed by atoms with Gasteiger partial charge < -0.3 is 10.5 Å². The minimum atomic E-state index is -0.00121. The molecule has 1 fully saturated rings. The minimum absolute atomic E-state index is 0.00121. The van der Waals surface area contributed by atoms with Gasteiger partial charge in [-0.05, 0) is 51.5 Å². The van der Waals surface area contributed by atoms with Gasteiger partial charge in [-0.15, -0.1) is 0 Å². The standard InChI is InChI=1S/C11H21NO2/c1-2-14-11(13)10-5-3-9(4-6-10)7-8-12/h9-10H,2-8,12H2,1H3. The number of carbonyl (C=O) groups is 1. The Bertz CT molecular complexity index is 174. The van der Waals surface area contributed by atoms with Gasteiger partial charge in [0.05, 0.1) is 12.5 Å². The van der Waals surface area contributed by atoms with Crippen LogP contribution in [-0.4, -0.2) is 19.1 Å². The van der Waals surface area contributed by atoms with Crippen molar-refractivity contribution in [2.75, 3.05) is 13.2 Å². The topological polar surface area (TPSA) is 52.3 Å². The lowest BCUT2D eigenvalue weighted by molar-refractivity contribution is -0.149. The van der Waals surface area contributed by atoms with Crippen LogP contribution >= 0.6 is 0 Å². The Morgan fingerprint density at radius 2 is 2.00 bits per heavy atom. The average Bonchev–Trinajstić information content (AvgIpc) is 2.20. The van der Waals surface area contributed by atoms with Crippen LogP contribution in [0.3, 0.4) is 0 Å². The van der Waals surface area contributed by atoms with Crippen LogP contribution in [0.4, 0.5) is 0 Å². The van der Waals surface area contributed by atoms with E-state index < -0.39 is 0 Å². The van der Waals surface area contributed by atoms with Crippen LogP contribution in [0, 0.1) is 11.8 Å². The van der Waals surface area contributed by atoms with Crippen LogP contribution in [0.1, 0.15) is 39.0 Å². The normalized spacial score (nSPS) is 27.3. The van der Waals surface area contributed by atoms with Gasteiger partial charge >= 0.3 is 5.97 Å². The van der Waals surface area contributed by atoms with Crippen molar-refractivity contribution in [2.24, 2.45) is 17.6 Å². The van der Waals surface area contributed by atoms with Crippen molar-refractivity contribution < 1.29 is 9.53 Å². The molecular weight excluding hydrogens is 178 g/mol. The summed E-state index contributed by atoms with van der Waals surface area (Å²) in [5.74, 6) is 0.897. The van der Waals surface area contributed by atoms with Crippen LogP contribution in [0.15, 0.2) is 0 Å². The number of rotatable bonds is 4. The predicted molar refractivity (Wildman–Crippen MR) is 55.8 cm³/mol. The van der Waals surface area contributed by atoms with Crippen molar-refractivity contribution in [3.05, 3.63) is 0 Å². The fraction of sp³-hybridized carbons (Fsp3) is 0.909. The first-order chi connectivity index (χ1) is 6.77. The summed E-state index contributed by atoms with van der Waals surface area (Å²) in [6.07, 6.45) is 5.36. The molecule has 0 radical (unpaired) electrons. The molecule has 0 aromatic heterocycles. The van der Waals surface area contributed by atoms with Gasteiger partial charge in [-0.3, -0.25) is 4.79 Å². The number of nitrogens with two attached hydrogens (primary N) is 1. The van der Waals surface area contributed by atoms with Crippen molar-refractivity contribution in [1.29, 1.82) is 0 Å². The zero-order chi connectivity index (χ0) is 10.4. The Hall–Kier alpha value is -0.570. The Labute approximate surface area is 86.0 Å². The molecule has 1 rings (SSSR count). The molecule has 0 aromatic carbocycles. The lowest BCUT2D eigenvalue weighted by Crippen LogP contribution is -2.24. The zero-order valence-electron chi connectivity index (χ0n) is 9.00. The predicted octanol–water partition coefficient (Wildman–Crippen LogP) is 1.70. The van der Waals surface area contributed by atoms with Crippen molar-refractivity contribution in [3.63, 3.8) is 0 Å². The maximum atomic E-state index is 11.4. The molecule has 1 saturated carbocycles. The molecule has 3 heteroatoms. The SMILES string of the molecule is CCOC(=O)C1CCC(CCN)CC1. The lowest BCUT2D eigenvalue weighted by atomic mass is 9.80. The third-order valence-electron chi connectivity index (χ3n) is 3.04. The van der Waals surface area contributed by atoms with E-state index in [1.807, 2.05) is 6.92 Å². The molecule has 2 N–H and O–H groups in total. The molecule has 0 saturated heterocycles. The second-order valence-electron chi connectivity index (χ2n) is 4.05. The monoisotopic (exact) mass is 199 g/mol. The molecule has 0 bridgehead atoms. The smallest absolute Gasteiger partial charge is 0.308 e. The fourth-order valence-corrected chi connectivity index (χ4v) is 2.18. The molecule has 0 unspecified atom stereocenters. The molecule has 3 nitrogen and oxygen atoms in total. The summed E-state index contributed by atoms with van der Waals surface area (Å²) in [4.78, 5) is 11.4. The highest BCUT2D eigenvalue weighted by molar-refractivity contribution is 5.72. The second-order valence-corrected chi connectivity index (χ2v) is 4.05. The van der Waals surface area contributed by atoms with Crippen LogP contribution in [0.5, 0.6) is 0 Å². The first-order valence-electron chi connectivity index (χ1n) is 5.64. The van der Waals surface area contributed by atoms with Crippen molar-refractivity contribution in [2.45, 2.75) is 39.0 Å². The van der Waals surface area contributed by atoms with Crippen molar-refractivity contribution in [3.8, 4) is 0 Å². The first-order valence-corrected chi connectivity index (χ1v) is 5.64. The highest BCUT2D eigenvalue weighted by atomic mass is 16.5. The lowest BCUT2D eigenvalue weighted by Gasteiger charge is -2.26. The molecular formula is C11H21NO2. The Morgan fingerprint density at radius 1 is 1.36 bits per heavy atom. The molecule has 1 aliphatic carbocycles. The van der Waals surface area contributed by atoms with E-state index in [-0.39, 0.29) is 11.9 Å². The summed E-state index contributed by atoms with van der Waals surface area (Å²) in [6, 6.07) is 0. The number of hydrogen-bond acceptors (Lipinski definition) is 3. The molecule has 0 heterocycles. The quantitative estimate of drug-likeness (QED) is 0.701. The van der Waals surface area contributed by atoms with Gasteiger partial charge in [0.25, 0.3) is 0 Å². The summed E-state index contributed by atoms with van der Waals surface area (Å²) in [6.45, 7) is 3.13. The van der Waals surface area contributed by atoms with Crippen molar-refractivity contribution in [1.82, 2.24) is 0 Å². The van der Waals surface area contributed by atoms with Gasteiger partial charge in [0.2, 0.25) is 0 Å². The minimum Gasteiger partial charge on any atom is -0.466 e. The molecule has 14 heavy (non-hydrogen) atoms. The van der Waals surface area contributed by atoms with E-state index >= 15 is 0 Å². The second kappa shape index (κ2) is 6.02. The maximum Gasteiger partial charge on any atom is 0.308 e. The van der Waals surface area contributed by atoms with Gasteiger partial charge in [0.1, 0.15) is 0 Å².